The lowest BCUT2D eigenvalue weighted by Crippen LogP contribution is -2.20. The molecular formula is C9H11NO5. The molecule has 1 rings (SSSR count). The van der Waals surface area contributed by atoms with Crippen molar-refractivity contribution in [3.05, 3.63) is 28.0 Å². The van der Waals surface area contributed by atoms with Gasteiger partial charge < -0.3 is 9.52 Å². The topological polar surface area (TPSA) is 93.6 Å². The number of carbonyl (C=O) groups is 1. The molecule has 6 nitrogen and oxygen atoms in total. The van der Waals surface area contributed by atoms with Crippen LogP contribution in [0.2, 0.25) is 0 Å². The highest BCUT2D eigenvalue weighted by Crippen LogP contribution is 2.30. The van der Waals surface area contributed by atoms with Gasteiger partial charge in [-0.05, 0) is 6.07 Å². The Hall–Kier alpha value is -1.85. The average Bonchev–Trinajstić information content (AvgIpc) is 2.48. The van der Waals surface area contributed by atoms with Gasteiger partial charge in [0.2, 0.25) is 0 Å². The number of aliphatic carboxylic acids is 1. The monoisotopic (exact) mass is 213 g/mol. The maximum atomic E-state index is 10.6. The summed E-state index contributed by atoms with van der Waals surface area (Å²) in [7, 11) is 0. The first-order valence-corrected chi connectivity index (χ1v) is 4.29. The minimum atomic E-state index is -0.973. The third-order valence-electron chi connectivity index (χ3n) is 2.03. The van der Waals surface area contributed by atoms with E-state index < -0.39 is 16.3 Å². The van der Waals surface area contributed by atoms with Crippen LogP contribution < -0.4 is 0 Å². The zero-order chi connectivity index (χ0) is 11.6. The van der Waals surface area contributed by atoms with Crippen LogP contribution in [0.3, 0.4) is 0 Å². The fourth-order valence-corrected chi connectivity index (χ4v) is 1.25. The van der Waals surface area contributed by atoms with Crippen LogP contribution in [0.15, 0.2) is 16.5 Å². The Balaban J connectivity index is 2.94. The Kier molecular flexibility index (Phi) is 2.78. The average molecular weight is 213 g/mol. The molecule has 0 saturated heterocycles. The molecule has 0 aliphatic carbocycles. The largest absolute Gasteiger partial charge is 0.481 e. The van der Waals surface area contributed by atoms with Crippen molar-refractivity contribution in [2.75, 3.05) is 0 Å². The first kappa shape index (κ1) is 11.2. The lowest BCUT2D eigenvalue weighted by molar-refractivity contribution is -0.402. The Morgan fingerprint density at radius 1 is 1.60 bits per heavy atom. The molecule has 0 spiro atoms. The molecule has 82 valence electrons. The van der Waals surface area contributed by atoms with Gasteiger partial charge in [-0.15, -0.1) is 0 Å². The number of hydrogen-bond acceptors (Lipinski definition) is 4. The molecule has 0 amide bonds. The van der Waals surface area contributed by atoms with E-state index in [-0.39, 0.29) is 12.3 Å². The SMILES string of the molecule is CC(C)(CC(=O)O)c1ccc([N+](=O)[O-])o1. The Morgan fingerprint density at radius 2 is 2.20 bits per heavy atom. The van der Waals surface area contributed by atoms with Crippen molar-refractivity contribution in [2.24, 2.45) is 0 Å². The van der Waals surface area contributed by atoms with Gasteiger partial charge in [-0.2, -0.15) is 0 Å². The second kappa shape index (κ2) is 3.72. The number of carboxylic acids is 1. The summed E-state index contributed by atoms with van der Waals surface area (Å²) in [6.07, 6.45) is -0.141. The van der Waals surface area contributed by atoms with E-state index in [1.807, 2.05) is 0 Å². The molecular weight excluding hydrogens is 202 g/mol. The van der Waals surface area contributed by atoms with Crippen molar-refractivity contribution < 1.29 is 19.2 Å². The summed E-state index contributed by atoms with van der Waals surface area (Å²) in [4.78, 5) is 20.3. The third kappa shape index (κ3) is 2.55. The summed E-state index contributed by atoms with van der Waals surface area (Å²) in [5, 5.41) is 19.0. The van der Waals surface area contributed by atoms with Gasteiger partial charge in [0.1, 0.15) is 10.7 Å². The van der Waals surface area contributed by atoms with Gasteiger partial charge in [0, 0.05) is 5.41 Å². The van der Waals surface area contributed by atoms with E-state index in [0.29, 0.717) is 5.76 Å². The van der Waals surface area contributed by atoms with E-state index in [1.54, 1.807) is 13.8 Å². The highest BCUT2D eigenvalue weighted by molar-refractivity contribution is 5.68. The number of nitrogens with zero attached hydrogens (tertiary/aromatic N) is 1. The first-order valence-electron chi connectivity index (χ1n) is 4.29. The van der Waals surface area contributed by atoms with Crippen LogP contribution in [0, 0.1) is 10.1 Å². The minimum absolute atomic E-state index is 0.141. The number of furan rings is 1. The molecule has 0 radical (unpaired) electrons. The summed E-state index contributed by atoms with van der Waals surface area (Å²) in [6.45, 7) is 3.31. The molecule has 0 aliphatic rings. The Morgan fingerprint density at radius 3 is 2.60 bits per heavy atom. The van der Waals surface area contributed by atoms with Gasteiger partial charge in [0.15, 0.2) is 0 Å². The maximum Gasteiger partial charge on any atom is 0.433 e. The van der Waals surface area contributed by atoms with Crippen molar-refractivity contribution in [3.63, 3.8) is 0 Å². The zero-order valence-electron chi connectivity index (χ0n) is 8.39. The normalized spacial score (nSPS) is 11.3. The third-order valence-corrected chi connectivity index (χ3v) is 2.03. The molecule has 0 bridgehead atoms. The molecule has 1 aromatic rings. The molecule has 0 aliphatic heterocycles. The predicted octanol–water partition coefficient (Wildman–Crippen LogP) is 1.94. The molecule has 0 aromatic carbocycles. The molecule has 1 aromatic heterocycles. The summed E-state index contributed by atoms with van der Waals surface area (Å²) >= 11 is 0. The van der Waals surface area contributed by atoms with E-state index in [2.05, 4.69) is 0 Å². The fraction of sp³-hybridized carbons (Fsp3) is 0.444. The quantitative estimate of drug-likeness (QED) is 0.609. The zero-order valence-corrected chi connectivity index (χ0v) is 8.39. The van der Waals surface area contributed by atoms with Gasteiger partial charge >= 0.3 is 11.9 Å². The van der Waals surface area contributed by atoms with Crippen LogP contribution in [0.25, 0.3) is 0 Å². The minimum Gasteiger partial charge on any atom is -0.481 e. The van der Waals surface area contributed by atoms with Gasteiger partial charge in [-0.3, -0.25) is 14.9 Å². The lowest BCUT2D eigenvalue weighted by atomic mass is 9.87. The summed E-state index contributed by atoms with van der Waals surface area (Å²) < 4.78 is 4.95. The molecule has 0 saturated carbocycles. The van der Waals surface area contributed by atoms with Crippen LogP contribution in [0.1, 0.15) is 26.0 Å². The number of rotatable bonds is 4. The highest BCUT2D eigenvalue weighted by atomic mass is 16.6. The highest BCUT2D eigenvalue weighted by Gasteiger charge is 2.29. The van der Waals surface area contributed by atoms with Crippen LogP contribution in [0.4, 0.5) is 5.88 Å². The molecule has 0 fully saturated rings. The smallest absolute Gasteiger partial charge is 0.433 e. The predicted molar refractivity (Wildman–Crippen MR) is 50.6 cm³/mol. The van der Waals surface area contributed by atoms with E-state index in [1.165, 1.54) is 12.1 Å². The van der Waals surface area contributed by atoms with Gasteiger partial charge in [0.25, 0.3) is 0 Å². The van der Waals surface area contributed by atoms with Gasteiger partial charge in [0.05, 0.1) is 12.5 Å². The second-order valence-electron chi connectivity index (χ2n) is 3.85. The van der Waals surface area contributed by atoms with Gasteiger partial charge in [-0.25, -0.2) is 0 Å². The van der Waals surface area contributed by atoms with E-state index in [9.17, 15) is 14.9 Å². The van der Waals surface area contributed by atoms with Crippen LogP contribution in [-0.2, 0) is 10.2 Å². The van der Waals surface area contributed by atoms with Crippen molar-refractivity contribution in [2.45, 2.75) is 25.7 Å². The van der Waals surface area contributed by atoms with Crippen LogP contribution in [0.5, 0.6) is 0 Å². The Bertz CT molecular complexity index is 393. The first-order chi connectivity index (χ1) is 6.83. The van der Waals surface area contributed by atoms with E-state index in [4.69, 9.17) is 9.52 Å². The van der Waals surface area contributed by atoms with Crippen molar-refractivity contribution in [1.29, 1.82) is 0 Å². The molecule has 1 heterocycles. The number of carboxylic acid groups (broad SMARTS) is 1. The van der Waals surface area contributed by atoms with Crippen LogP contribution in [-0.4, -0.2) is 16.0 Å². The lowest BCUT2D eigenvalue weighted by Gasteiger charge is -2.18. The van der Waals surface area contributed by atoms with E-state index in [0.717, 1.165) is 0 Å². The van der Waals surface area contributed by atoms with Crippen molar-refractivity contribution >= 4 is 11.9 Å². The van der Waals surface area contributed by atoms with E-state index >= 15 is 0 Å². The number of hydrogen-bond donors (Lipinski definition) is 1. The molecule has 15 heavy (non-hydrogen) atoms. The number of nitro groups is 1. The molecule has 6 heteroatoms. The van der Waals surface area contributed by atoms with Crippen LogP contribution >= 0.6 is 0 Å². The fourth-order valence-electron chi connectivity index (χ4n) is 1.25. The maximum absolute atomic E-state index is 10.6. The summed E-state index contributed by atoms with van der Waals surface area (Å²) in [5.41, 5.74) is -0.750. The molecule has 1 N–H and O–H groups in total. The standard InChI is InChI=1S/C9H11NO5/c1-9(2,5-8(11)12)6-3-4-7(15-6)10(13)14/h3-4H,5H2,1-2H3,(H,11,12). The Labute approximate surface area is 85.7 Å². The summed E-state index contributed by atoms with van der Waals surface area (Å²) in [6, 6.07) is 2.65. The van der Waals surface area contributed by atoms with Gasteiger partial charge in [-0.1, -0.05) is 13.8 Å². The second-order valence-corrected chi connectivity index (χ2v) is 3.85. The van der Waals surface area contributed by atoms with Crippen molar-refractivity contribution in [3.8, 4) is 0 Å². The van der Waals surface area contributed by atoms with Crippen molar-refractivity contribution in [1.82, 2.24) is 0 Å². The summed E-state index contributed by atoms with van der Waals surface area (Å²) in [5.74, 6) is -1.04. The molecule has 0 atom stereocenters. The molecule has 0 unspecified atom stereocenters.